The highest BCUT2D eigenvalue weighted by Gasteiger charge is 2.14. The van der Waals surface area contributed by atoms with Gasteiger partial charge in [-0.3, -0.25) is 0 Å². The molecule has 4 heteroatoms. The summed E-state index contributed by atoms with van der Waals surface area (Å²) >= 11 is 0. The van der Waals surface area contributed by atoms with Crippen LogP contribution in [0.5, 0.6) is 0 Å². The lowest BCUT2D eigenvalue weighted by molar-refractivity contribution is 0.375. The van der Waals surface area contributed by atoms with Crippen molar-refractivity contribution in [3.05, 3.63) is 22.6 Å². The van der Waals surface area contributed by atoms with Crippen molar-refractivity contribution < 1.29 is 8.83 Å². The molecular weight excluding hydrogens is 172 g/mol. The summed E-state index contributed by atoms with van der Waals surface area (Å²) < 4.78 is 9.30. The predicted octanol–water partition coefficient (Wildman–Crippen LogP) is 2.11. The largest absolute Gasteiger partial charge is 0.518 e. The van der Waals surface area contributed by atoms with Crippen LogP contribution in [0.25, 0.3) is 0 Å². The normalized spacial score (nSPS) is 11.9. The van der Waals surface area contributed by atoms with Crippen molar-refractivity contribution in [3.8, 4) is 0 Å². The van der Waals surface area contributed by atoms with Gasteiger partial charge < -0.3 is 8.83 Å². The summed E-state index contributed by atoms with van der Waals surface area (Å²) in [4.78, 5) is 10.5. The molecule has 0 bridgehead atoms. The van der Waals surface area contributed by atoms with E-state index in [1.54, 1.807) is 0 Å². The first-order valence-corrected chi connectivity index (χ1v) is 7.76. The quantitative estimate of drug-likeness (QED) is 0.679. The highest BCUT2D eigenvalue weighted by Crippen LogP contribution is 2.12. The third kappa shape index (κ3) is 3.09. The van der Waals surface area contributed by atoms with Crippen molar-refractivity contribution >= 4 is 8.07 Å². The maximum absolute atomic E-state index is 10.5. The summed E-state index contributed by atoms with van der Waals surface area (Å²) in [6.45, 7) is 6.85. The highest BCUT2D eigenvalue weighted by atomic mass is 28.3. The van der Waals surface area contributed by atoms with E-state index in [9.17, 15) is 4.79 Å². The molecule has 1 rings (SSSR count). The molecule has 0 atom stereocenters. The molecule has 0 saturated heterocycles. The van der Waals surface area contributed by atoms with Gasteiger partial charge in [-0.2, -0.15) is 0 Å². The summed E-state index contributed by atoms with van der Waals surface area (Å²) in [6.07, 6.45) is 2.23. The Bertz CT molecular complexity index is 292. The fraction of sp³-hybridized carbons (Fsp3) is 0.625. The van der Waals surface area contributed by atoms with Gasteiger partial charge in [0.1, 0.15) is 12.0 Å². The van der Waals surface area contributed by atoms with Gasteiger partial charge in [0.25, 0.3) is 0 Å². The molecule has 0 unspecified atom stereocenters. The van der Waals surface area contributed by atoms with E-state index >= 15 is 0 Å². The third-order valence-electron chi connectivity index (χ3n) is 1.62. The van der Waals surface area contributed by atoms with E-state index in [-0.39, 0.29) is 0 Å². The minimum Gasteiger partial charge on any atom is -0.399 e. The molecule has 3 nitrogen and oxygen atoms in total. The summed E-state index contributed by atoms with van der Waals surface area (Å²) in [5, 5.41) is 0. The molecule has 0 aromatic carbocycles. The van der Waals surface area contributed by atoms with E-state index in [1.807, 2.05) is 0 Å². The van der Waals surface area contributed by atoms with Gasteiger partial charge in [-0.1, -0.05) is 25.7 Å². The molecule has 0 aliphatic carbocycles. The van der Waals surface area contributed by atoms with Crippen molar-refractivity contribution in [2.45, 2.75) is 32.1 Å². The van der Waals surface area contributed by atoms with E-state index in [1.165, 1.54) is 6.26 Å². The molecule has 0 saturated carbocycles. The van der Waals surface area contributed by atoms with Gasteiger partial charge in [0.15, 0.2) is 0 Å². The van der Waals surface area contributed by atoms with E-state index in [0.717, 1.165) is 12.5 Å². The van der Waals surface area contributed by atoms with Crippen molar-refractivity contribution in [3.63, 3.8) is 0 Å². The van der Waals surface area contributed by atoms with Gasteiger partial charge in [-0.15, -0.1) is 0 Å². The first-order chi connectivity index (χ1) is 5.47. The SMILES string of the molecule is C[Si](C)(C)CCc1coc(=O)o1. The van der Waals surface area contributed by atoms with Crippen LogP contribution in [0, 0.1) is 0 Å². The Labute approximate surface area is 72.4 Å². The van der Waals surface area contributed by atoms with Crippen LogP contribution >= 0.6 is 0 Å². The zero-order valence-electron chi connectivity index (χ0n) is 7.72. The molecule has 1 heterocycles. The second-order valence-corrected chi connectivity index (χ2v) is 9.74. The average molecular weight is 186 g/mol. The van der Waals surface area contributed by atoms with Crippen LogP contribution < -0.4 is 5.82 Å². The van der Waals surface area contributed by atoms with Crippen molar-refractivity contribution in [1.29, 1.82) is 0 Å². The second kappa shape index (κ2) is 3.31. The molecule has 0 aliphatic heterocycles. The predicted molar refractivity (Wildman–Crippen MR) is 49.1 cm³/mol. The van der Waals surface area contributed by atoms with Gasteiger partial charge in [0, 0.05) is 14.5 Å². The van der Waals surface area contributed by atoms with Crippen LogP contribution in [-0.4, -0.2) is 8.07 Å². The van der Waals surface area contributed by atoms with Crippen LogP contribution in [0.3, 0.4) is 0 Å². The fourth-order valence-corrected chi connectivity index (χ4v) is 1.87. The number of rotatable bonds is 3. The maximum atomic E-state index is 10.5. The first-order valence-electron chi connectivity index (χ1n) is 4.05. The third-order valence-corrected chi connectivity index (χ3v) is 3.37. The molecule has 0 aliphatic rings. The average Bonchev–Trinajstić information content (AvgIpc) is 2.30. The van der Waals surface area contributed by atoms with E-state index < -0.39 is 13.9 Å². The Morgan fingerprint density at radius 3 is 2.50 bits per heavy atom. The Kier molecular flexibility index (Phi) is 2.57. The van der Waals surface area contributed by atoms with Gasteiger partial charge in [0.2, 0.25) is 0 Å². The summed E-state index contributed by atoms with van der Waals surface area (Å²) in [7, 11) is -1.03. The number of aryl methyl sites for hydroxylation is 1. The summed E-state index contributed by atoms with van der Waals surface area (Å²) in [6, 6.07) is 1.12. The van der Waals surface area contributed by atoms with Crippen molar-refractivity contribution in [2.24, 2.45) is 0 Å². The zero-order chi connectivity index (χ0) is 9.19. The Morgan fingerprint density at radius 1 is 1.42 bits per heavy atom. The van der Waals surface area contributed by atoms with Gasteiger partial charge in [0.05, 0.1) is 0 Å². The summed E-state index contributed by atoms with van der Waals surface area (Å²) in [5.41, 5.74) is 0. The Balaban J connectivity index is 2.49. The Morgan fingerprint density at radius 2 is 2.08 bits per heavy atom. The molecule has 0 N–H and O–H groups in total. The molecule has 0 amide bonds. The van der Waals surface area contributed by atoms with Gasteiger partial charge in [-0.25, -0.2) is 4.79 Å². The molecule has 0 spiro atoms. The van der Waals surface area contributed by atoms with Crippen LogP contribution in [0.1, 0.15) is 5.76 Å². The van der Waals surface area contributed by atoms with Crippen LogP contribution in [-0.2, 0) is 6.42 Å². The molecule has 0 radical (unpaired) electrons. The van der Waals surface area contributed by atoms with Crippen LogP contribution in [0.4, 0.5) is 0 Å². The van der Waals surface area contributed by atoms with Gasteiger partial charge in [-0.05, 0) is 0 Å². The molecule has 1 aromatic rings. The lowest BCUT2D eigenvalue weighted by atomic mass is 10.4. The topological polar surface area (TPSA) is 43.4 Å². The zero-order valence-corrected chi connectivity index (χ0v) is 8.72. The minimum absolute atomic E-state index is 0.597. The lowest BCUT2D eigenvalue weighted by Gasteiger charge is -2.13. The van der Waals surface area contributed by atoms with E-state index in [0.29, 0.717) is 5.76 Å². The Hall–Kier alpha value is -0.773. The van der Waals surface area contributed by atoms with E-state index in [2.05, 4.69) is 24.1 Å². The fourth-order valence-electron chi connectivity index (χ4n) is 0.877. The molecule has 0 fully saturated rings. The molecule has 12 heavy (non-hydrogen) atoms. The van der Waals surface area contributed by atoms with Crippen LogP contribution in [0.15, 0.2) is 19.9 Å². The monoisotopic (exact) mass is 186 g/mol. The van der Waals surface area contributed by atoms with Gasteiger partial charge >= 0.3 is 5.82 Å². The maximum Gasteiger partial charge on any atom is 0.518 e. The first kappa shape index (κ1) is 9.32. The minimum atomic E-state index is -1.03. The molecular formula is C8H14O3Si. The molecule has 68 valence electrons. The van der Waals surface area contributed by atoms with Crippen molar-refractivity contribution in [2.75, 3.05) is 0 Å². The molecule has 1 aromatic heterocycles. The number of hydrogen-bond donors (Lipinski definition) is 0. The second-order valence-electron chi connectivity index (χ2n) is 4.11. The lowest BCUT2D eigenvalue weighted by Crippen LogP contribution is -2.19. The van der Waals surface area contributed by atoms with Crippen LogP contribution in [0.2, 0.25) is 25.7 Å². The standard InChI is InChI=1S/C8H14O3Si/c1-12(2,3)5-4-7-6-10-8(9)11-7/h6H,4-5H2,1-3H3. The van der Waals surface area contributed by atoms with E-state index in [4.69, 9.17) is 4.42 Å². The van der Waals surface area contributed by atoms with Crippen molar-refractivity contribution in [1.82, 2.24) is 0 Å². The summed E-state index contributed by atoms with van der Waals surface area (Å²) in [5.74, 6) is 0.0722. The smallest absolute Gasteiger partial charge is 0.399 e. The highest BCUT2D eigenvalue weighted by molar-refractivity contribution is 6.76. The number of hydrogen-bond acceptors (Lipinski definition) is 3.